The monoisotopic (exact) mass is 460 g/mol. The number of hydrogen-bond acceptors (Lipinski definition) is 7. The van der Waals surface area contributed by atoms with E-state index in [0.29, 0.717) is 5.69 Å². The number of H-pyrrole nitrogens is 1. The van der Waals surface area contributed by atoms with Gasteiger partial charge in [0.25, 0.3) is 0 Å². The van der Waals surface area contributed by atoms with E-state index in [1.807, 2.05) is 0 Å². The second kappa shape index (κ2) is 12.3. The number of benzene rings is 1. The molecule has 3 amide bonds. The molecule has 4 unspecified atom stereocenters. The SMILES string of the molecule is CC(O)C(NC(=O)C(Cc1ccccc1)NC(=O)CN)C(=O)NC(Cc1cnc[nH]1)C(=O)O. The van der Waals surface area contributed by atoms with E-state index in [4.69, 9.17) is 5.73 Å². The zero-order chi connectivity index (χ0) is 24.4. The van der Waals surface area contributed by atoms with Gasteiger partial charge in [-0.1, -0.05) is 30.3 Å². The third kappa shape index (κ3) is 8.01. The van der Waals surface area contributed by atoms with Crippen molar-refractivity contribution in [2.75, 3.05) is 6.54 Å². The van der Waals surface area contributed by atoms with Gasteiger partial charge in [-0.3, -0.25) is 14.4 Å². The van der Waals surface area contributed by atoms with Gasteiger partial charge in [0, 0.05) is 24.7 Å². The fourth-order valence-corrected chi connectivity index (χ4v) is 3.05. The number of aliphatic hydroxyl groups is 1. The van der Waals surface area contributed by atoms with Gasteiger partial charge in [-0.25, -0.2) is 9.78 Å². The van der Waals surface area contributed by atoms with Gasteiger partial charge in [-0.05, 0) is 12.5 Å². The first kappa shape index (κ1) is 25.5. The molecule has 4 atom stereocenters. The number of nitrogens with two attached hydrogens (primary N) is 1. The Morgan fingerprint density at radius 2 is 1.73 bits per heavy atom. The summed E-state index contributed by atoms with van der Waals surface area (Å²) in [7, 11) is 0. The van der Waals surface area contributed by atoms with Gasteiger partial charge in [-0.2, -0.15) is 0 Å². The molecule has 0 spiro atoms. The Morgan fingerprint density at radius 1 is 1.03 bits per heavy atom. The van der Waals surface area contributed by atoms with Crippen LogP contribution in [0.15, 0.2) is 42.9 Å². The lowest BCUT2D eigenvalue weighted by Crippen LogP contribution is -2.59. The standard InChI is InChI=1S/C21H28N6O6/c1-12(28)18(20(31)26-16(21(32)33)8-14-10-23-11-24-14)27-19(30)15(25-17(29)9-22)7-13-5-3-2-4-6-13/h2-6,10-12,15-16,18,28H,7-9,22H2,1H3,(H,23,24)(H,25,29)(H,26,31)(H,27,30)(H,32,33). The third-order valence-corrected chi connectivity index (χ3v) is 4.78. The van der Waals surface area contributed by atoms with Gasteiger partial charge in [0.05, 0.1) is 19.0 Å². The minimum absolute atomic E-state index is 0.0786. The summed E-state index contributed by atoms with van der Waals surface area (Å²) in [6, 6.07) is 5.01. The maximum Gasteiger partial charge on any atom is 0.326 e. The number of aliphatic hydroxyl groups excluding tert-OH is 1. The maximum absolute atomic E-state index is 12.9. The summed E-state index contributed by atoms with van der Waals surface area (Å²) in [5.74, 6) is -3.50. The summed E-state index contributed by atoms with van der Waals surface area (Å²) in [6.45, 7) is 0.937. The average Bonchev–Trinajstić information content (AvgIpc) is 3.29. The highest BCUT2D eigenvalue weighted by Crippen LogP contribution is 2.06. The maximum atomic E-state index is 12.9. The van der Waals surface area contributed by atoms with Crippen molar-refractivity contribution in [1.29, 1.82) is 0 Å². The molecule has 0 aliphatic carbocycles. The van der Waals surface area contributed by atoms with Gasteiger partial charge in [0.15, 0.2) is 0 Å². The predicted octanol–water partition coefficient (Wildman–Crippen LogP) is -1.93. The molecular formula is C21H28N6O6. The number of carbonyl (C=O) groups excluding carboxylic acids is 3. The van der Waals surface area contributed by atoms with Crippen LogP contribution in [0.25, 0.3) is 0 Å². The number of aromatic nitrogens is 2. The van der Waals surface area contributed by atoms with Gasteiger partial charge in [0.2, 0.25) is 17.7 Å². The van der Waals surface area contributed by atoms with Crippen molar-refractivity contribution in [2.45, 2.75) is 44.0 Å². The van der Waals surface area contributed by atoms with Crippen molar-refractivity contribution in [2.24, 2.45) is 5.73 Å². The van der Waals surface area contributed by atoms with E-state index in [9.17, 15) is 29.4 Å². The average molecular weight is 460 g/mol. The largest absolute Gasteiger partial charge is 0.480 e. The number of nitrogens with one attached hydrogen (secondary N) is 4. The number of hydrogen-bond donors (Lipinski definition) is 7. The Kier molecular flexibility index (Phi) is 9.51. The normalized spacial score (nSPS) is 14.4. The minimum Gasteiger partial charge on any atom is -0.480 e. The van der Waals surface area contributed by atoms with Crippen LogP contribution < -0.4 is 21.7 Å². The first-order valence-electron chi connectivity index (χ1n) is 10.2. The number of carboxylic acid groups (broad SMARTS) is 1. The fraction of sp³-hybridized carbons (Fsp3) is 0.381. The number of nitrogens with zero attached hydrogens (tertiary/aromatic N) is 1. The smallest absolute Gasteiger partial charge is 0.326 e. The number of amides is 3. The molecule has 8 N–H and O–H groups in total. The van der Waals surface area contributed by atoms with E-state index >= 15 is 0 Å². The predicted molar refractivity (Wildman–Crippen MR) is 117 cm³/mol. The molecule has 2 rings (SSSR count). The topological polar surface area (TPSA) is 200 Å². The van der Waals surface area contributed by atoms with Crippen LogP contribution in [0.2, 0.25) is 0 Å². The second-order valence-electron chi connectivity index (χ2n) is 7.42. The molecule has 12 heteroatoms. The van der Waals surface area contributed by atoms with Crippen LogP contribution in [0.1, 0.15) is 18.2 Å². The summed E-state index contributed by atoms with van der Waals surface area (Å²) in [5, 5.41) is 26.7. The van der Waals surface area contributed by atoms with E-state index in [1.165, 1.54) is 19.4 Å². The Hall–Kier alpha value is -3.77. The number of rotatable bonds is 12. The van der Waals surface area contributed by atoms with Crippen LogP contribution in [-0.2, 0) is 32.0 Å². The first-order chi connectivity index (χ1) is 15.7. The third-order valence-electron chi connectivity index (χ3n) is 4.78. The van der Waals surface area contributed by atoms with E-state index < -0.39 is 47.9 Å². The molecule has 178 valence electrons. The number of aliphatic carboxylic acids is 1. The molecule has 0 aliphatic rings. The molecule has 0 radical (unpaired) electrons. The zero-order valence-corrected chi connectivity index (χ0v) is 18.0. The van der Waals surface area contributed by atoms with E-state index in [0.717, 1.165) is 5.56 Å². The Morgan fingerprint density at radius 3 is 2.27 bits per heavy atom. The summed E-state index contributed by atoms with van der Waals surface area (Å²) in [6.07, 6.45) is 1.48. The van der Waals surface area contributed by atoms with Crippen molar-refractivity contribution in [1.82, 2.24) is 25.9 Å². The van der Waals surface area contributed by atoms with E-state index in [2.05, 4.69) is 25.9 Å². The van der Waals surface area contributed by atoms with Crippen LogP contribution >= 0.6 is 0 Å². The highest BCUT2D eigenvalue weighted by molar-refractivity contribution is 5.94. The molecule has 0 saturated heterocycles. The molecule has 1 aromatic heterocycles. The van der Waals surface area contributed by atoms with Crippen LogP contribution in [0.4, 0.5) is 0 Å². The van der Waals surface area contributed by atoms with Gasteiger partial charge >= 0.3 is 5.97 Å². The second-order valence-corrected chi connectivity index (χ2v) is 7.42. The number of carbonyl (C=O) groups is 4. The Bertz CT molecular complexity index is 934. The molecule has 0 fully saturated rings. The molecule has 0 saturated carbocycles. The molecule has 1 aromatic carbocycles. The van der Waals surface area contributed by atoms with Crippen molar-refractivity contribution in [3.05, 3.63) is 54.1 Å². The molecule has 0 aliphatic heterocycles. The lowest BCUT2D eigenvalue weighted by Gasteiger charge is -2.26. The quantitative estimate of drug-likeness (QED) is 0.190. The van der Waals surface area contributed by atoms with Crippen molar-refractivity contribution >= 4 is 23.7 Å². The van der Waals surface area contributed by atoms with Crippen LogP contribution in [-0.4, -0.2) is 74.6 Å². The van der Waals surface area contributed by atoms with Crippen molar-refractivity contribution in [3.8, 4) is 0 Å². The Balaban J connectivity index is 2.13. The molecule has 33 heavy (non-hydrogen) atoms. The summed E-state index contributed by atoms with van der Waals surface area (Å²) in [5.41, 5.74) is 6.57. The molecular weight excluding hydrogens is 432 g/mol. The zero-order valence-electron chi connectivity index (χ0n) is 18.0. The number of aromatic amines is 1. The highest BCUT2D eigenvalue weighted by atomic mass is 16.4. The van der Waals surface area contributed by atoms with Gasteiger partial charge < -0.3 is 36.9 Å². The summed E-state index contributed by atoms with van der Waals surface area (Å²) in [4.78, 5) is 55.6. The van der Waals surface area contributed by atoms with Gasteiger partial charge in [0.1, 0.15) is 18.1 Å². The highest BCUT2D eigenvalue weighted by Gasteiger charge is 2.32. The summed E-state index contributed by atoms with van der Waals surface area (Å²) >= 11 is 0. The van der Waals surface area contributed by atoms with E-state index in [-0.39, 0.29) is 19.4 Å². The Labute approximate surface area is 190 Å². The van der Waals surface area contributed by atoms with Crippen LogP contribution in [0.3, 0.4) is 0 Å². The van der Waals surface area contributed by atoms with Crippen molar-refractivity contribution in [3.63, 3.8) is 0 Å². The number of imidazole rings is 1. The first-order valence-corrected chi connectivity index (χ1v) is 10.2. The molecule has 0 bridgehead atoms. The molecule has 2 aromatic rings. The van der Waals surface area contributed by atoms with Crippen LogP contribution in [0, 0.1) is 0 Å². The minimum atomic E-state index is -1.46. The molecule has 12 nitrogen and oxygen atoms in total. The van der Waals surface area contributed by atoms with Crippen LogP contribution in [0.5, 0.6) is 0 Å². The summed E-state index contributed by atoms with van der Waals surface area (Å²) < 4.78 is 0. The lowest BCUT2D eigenvalue weighted by molar-refractivity contribution is -0.143. The van der Waals surface area contributed by atoms with Gasteiger partial charge in [-0.15, -0.1) is 0 Å². The van der Waals surface area contributed by atoms with Crippen molar-refractivity contribution < 1.29 is 29.4 Å². The number of carboxylic acids is 1. The lowest BCUT2D eigenvalue weighted by atomic mass is 10.0. The van der Waals surface area contributed by atoms with E-state index in [1.54, 1.807) is 30.3 Å². The fourth-order valence-electron chi connectivity index (χ4n) is 3.05. The molecule has 1 heterocycles.